The zero-order chi connectivity index (χ0) is 9.68. The summed E-state index contributed by atoms with van der Waals surface area (Å²) in [6, 6.07) is 0. The number of carbonyl (C=O) groups excluding carboxylic acids is 1. The van der Waals surface area contributed by atoms with Gasteiger partial charge in [-0.1, -0.05) is 6.92 Å². The molecule has 0 radical (unpaired) electrons. The first-order valence-corrected chi connectivity index (χ1v) is 4.49. The Hall–Kier alpha value is -1.08. The fourth-order valence-corrected chi connectivity index (χ4v) is 1.51. The first kappa shape index (κ1) is 10.0. The summed E-state index contributed by atoms with van der Waals surface area (Å²) in [4.78, 5) is 11.2. The van der Waals surface area contributed by atoms with E-state index >= 15 is 0 Å². The zero-order valence-corrected chi connectivity index (χ0v) is 7.66. The van der Waals surface area contributed by atoms with Gasteiger partial charge in [0, 0.05) is 6.61 Å². The van der Waals surface area contributed by atoms with Gasteiger partial charge in [0.1, 0.15) is 0 Å². The van der Waals surface area contributed by atoms with Crippen molar-refractivity contribution in [1.82, 2.24) is 0 Å². The molecule has 1 aliphatic rings. The van der Waals surface area contributed by atoms with Gasteiger partial charge in [-0.3, -0.25) is 4.79 Å². The van der Waals surface area contributed by atoms with E-state index in [1.807, 2.05) is 6.92 Å². The molecule has 0 saturated carbocycles. The van der Waals surface area contributed by atoms with Gasteiger partial charge in [-0.25, -0.2) is 0 Å². The van der Waals surface area contributed by atoms with E-state index in [-0.39, 0.29) is 12.0 Å². The summed E-state index contributed by atoms with van der Waals surface area (Å²) < 4.78 is 9.68. The SMILES string of the molecule is CC[C@@H]1C[C@@H](C(=O)OC#N)CCO1. The number of nitriles is 1. The number of nitrogens with zero attached hydrogens (tertiary/aromatic N) is 1. The molecule has 0 aliphatic carbocycles. The Kier molecular flexibility index (Phi) is 3.71. The van der Waals surface area contributed by atoms with Crippen molar-refractivity contribution in [3.05, 3.63) is 0 Å². The molecule has 4 heteroatoms. The van der Waals surface area contributed by atoms with Crippen molar-refractivity contribution >= 4 is 5.97 Å². The van der Waals surface area contributed by atoms with Crippen LogP contribution in [0.5, 0.6) is 0 Å². The number of ether oxygens (including phenoxy) is 2. The largest absolute Gasteiger partial charge is 0.378 e. The quantitative estimate of drug-likeness (QED) is 0.477. The zero-order valence-electron chi connectivity index (χ0n) is 7.66. The molecule has 0 aromatic rings. The minimum atomic E-state index is -0.413. The van der Waals surface area contributed by atoms with Crippen LogP contribution in [-0.4, -0.2) is 18.7 Å². The van der Waals surface area contributed by atoms with E-state index in [0.717, 1.165) is 6.42 Å². The van der Waals surface area contributed by atoms with Crippen molar-refractivity contribution < 1.29 is 14.3 Å². The Morgan fingerprint density at radius 2 is 2.54 bits per heavy atom. The van der Waals surface area contributed by atoms with E-state index in [1.54, 1.807) is 0 Å². The molecule has 1 heterocycles. The van der Waals surface area contributed by atoms with Gasteiger partial charge in [-0.2, -0.15) is 0 Å². The van der Waals surface area contributed by atoms with Crippen LogP contribution in [0.4, 0.5) is 0 Å². The summed E-state index contributed by atoms with van der Waals surface area (Å²) in [5.41, 5.74) is 0. The van der Waals surface area contributed by atoms with Crippen LogP contribution in [-0.2, 0) is 14.3 Å². The molecule has 0 spiro atoms. The van der Waals surface area contributed by atoms with E-state index in [9.17, 15) is 4.79 Å². The number of rotatable bonds is 2. The van der Waals surface area contributed by atoms with Gasteiger partial charge in [0.05, 0.1) is 12.0 Å². The maximum atomic E-state index is 11.2. The molecule has 0 aromatic heterocycles. The van der Waals surface area contributed by atoms with Crippen LogP contribution in [0.15, 0.2) is 0 Å². The highest BCUT2D eigenvalue weighted by molar-refractivity contribution is 5.73. The summed E-state index contributed by atoms with van der Waals surface area (Å²) >= 11 is 0. The van der Waals surface area contributed by atoms with Crippen molar-refractivity contribution in [3.8, 4) is 6.26 Å². The van der Waals surface area contributed by atoms with Gasteiger partial charge in [0.2, 0.25) is 0 Å². The number of carbonyl (C=O) groups is 1. The number of hydrogen-bond donors (Lipinski definition) is 0. The standard InChI is InChI=1S/C9H13NO3/c1-2-8-5-7(3-4-12-8)9(11)13-6-10/h7-8H,2-5H2,1H3/t7-,8+/m0/s1. The molecule has 1 saturated heterocycles. The van der Waals surface area contributed by atoms with Crippen molar-refractivity contribution in [2.45, 2.75) is 32.3 Å². The third-order valence-electron chi connectivity index (χ3n) is 2.30. The Bertz CT molecular complexity index is 221. The van der Waals surface area contributed by atoms with Gasteiger partial charge < -0.3 is 9.47 Å². The third-order valence-corrected chi connectivity index (χ3v) is 2.30. The monoisotopic (exact) mass is 183 g/mol. The summed E-state index contributed by atoms with van der Waals surface area (Å²) in [6.07, 6.45) is 3.79. The van der Waals surface area contributed by atoms with Crippen LogP contribution in [0.3, 0.4) is 0 Å². The highest BCUT2D eigenvalue weighted by Crippen LogP contribution is 2.22. The second-order valence-corrected chi connectivity index (χ2v) is 3.13. The number of hydrogen-bond acceptors (Lipinski definition) is 4. The molecule has 72 valence electrons. The topological polar surface area (TPSA) is 59.3 Å². The molecule has 13 heavy (non-hydrogen) atoms. The van der Waals surface area contributed by atoms with Crippen LogP contribution >= 0.6 is 0 Å². The lowest BCUT2D eigenvalue weighted by Crippen LogP contribution is -2.30. The summed E-state index contributed by atoms with van der Waals surface area (Å²) in [7, 11) is 0. The molecule has 4 nitrogen and oxygen atoms in total. The van der Waals surface area contributed by atoms with Gasteiger partial charge in [-0.05, 0) is 19.3 Å². The fraction of sp³-hybridized carbons (Fsp3) is 0.778. The van der Waals surface area contributed by atoms with Crippen molar-refractivity contribution in [2.75, 3.05) is 6.61 Å². The predicted molar refractivity (Wildman–Crippen MR) is 44.5 cm³/mol. The molecule has 0 amide bonds. The Labute approximate surface area is 77.4 Å². The Morgan fingerprint density at radius 1 is 1.77 bits per heavy atom. The van der Waals surface area contributed by atoms with Crippen LogP contribution in [0.2, 0.25) is 0 Å². The average Bonchev–Trinajstić information content (AvgIpc) is 2.18. The smallest absolute Gasteiger partial charge is 0.324 e. The first-order chi connectivity index (χ1) is 6.27. The first-order valence-electron chi connectivity index (χ1n) is 4.49. The second kappa shape index (κ2) is 4.83. The molecule has 2 atom stereocenters. The summed E-state index contributed by atoms with van der Waals surface area (Å²) in [6.45, 7) is 2.60. The van der Waals surface area contributed by atoms with E-state index in [0.29, 0.717) is 19.4 Å². The van der Waals surface area contributed by atoms with Gasteiger partial charge >= 0.3 is 5.97 Å². The molecule has 1 aliphatic heterocycles. The summed E-state index contributed by atoms with van der Waals surface area (Å²) in [5, 5.41) is 8.17. The van der Waals surface area contributed by atoms with E-state index in [2.05, 4.69) is 4.74 Å². The lowest BCUT2D eigenvalue weighted by atomic mass is 9.95. The van der Waals surface area contributed by atoms with Crippen LogP contribution < -0.4 is 0 Å². The Morgan fingerprint density at radius 3 is 3.15 bits per heavy atom. The molecule has 0 aromatic carbocycles. The van der Waals surface area contributed by atoms with Gasteiger partial charge in [0.25, 0.3) is 6.26 Å². The van der Waals surface area contributed by atoms with E-state index in [1.165, 1.54) is 6.26 Å². The number of esters is 1. The molecule has 1 fully saturated rings. The average molecular weight is 183 g/mol. The maximum Gasteiger partial charge on any atom is 0.324 e. The van der Waals surface area contributed by atoms with Crippen LogP contribution in [0, 0.1) is 17.4 Å². The molecular formula is C9H13NO3. The minimum Gasteiger partial charge on any atom is -0.378 e. The van der Waals surface area contributed by atoms with Crippen molar-refractivity contribution in [3.63, 3.8) is 0 Å². The highest BCUT2D eigenvalue weighted by atomic mass is 16.5. The fourth-order valence-electron chi connectivity index (χ4n) is 1.51. The molecule has 0 N–H and O–H groups in total. The normalized spacial score (nSPS) is 27.7. The minimum absolute atomic E-state index is 0.144. The molecule has 0 bridgehead atoms. The van der Waals surface area contributed by atoms with E-state index in [4.69, 9.17) is 10.00 Å². The molecule has 1 rings (SSSR count). The highest BCUT2D eigenvalue weighted by Gasteiger charge is 2.28. The van der Waals surface area contributed by atoms with Crippen molar-refractivity contribution in [1.29, 1.82) is 5.26 Å². The lowest BCUT2D eigenvalue weighted by molar-refractivity contribution is -0.147. The summed E-state index contributed by atoms with van der Waals surface area (Å²) in [5.74, 6) is -0.567. The Balaban J connectivity index is 2.42. The molecular weight excluding hydrogens is 170 g/mol. The predicted octanol–water partition coefficient (Wildman–Crippen LogP) is 1.22. The maximum absolute atomic E-state index is 11.2. The van der Waals surface area contributed by atoms with Gasteiger partial charge in [0.15, 0.2) is 0 Å². The second-order valence-electron chi connectivity index (χ2n) is 3.13. The van der Waals surface area contributed by atoms with Crippen LogP contribution in [0.25, 0.3) is 0 Å². The van der Waals surface area contributed by atoms with Crippen LogP contribution in [0.1, 0.15) is 26.2 Å². The van der Waals surface area contributed by atoms with E-state index < -0.39 is 5.97 Å². The molecule has 0 unspecified atom stereocenters. The lowest BCUT2D eigenvalue weighted by Gasteiger charge is -2.26. The van der Waals surface area contributed by atoms with Crippen molar-refractivity contribution in [2.24, 2.45) is 5.92 Å². The van der Waals surface area contributed by atoms with Gasteiger partial charge in [-0.15, -0.1) is 5.26 Å². The third kappa shape index (κ3) is 2.71.